The predicted molar refractivity (Wildman–Crippen MR) is 117 cm³/mol. The Morgan fingerprint density at radius 3 is 2.40 bits per heavy atom. The van der Waals surface area contributed by atoms with Gasteiger partial charge in [0.15, 0.2) is 0 Å². The fourth-order valence-corrected chi connectivity index (χ4v) is 4.79. The van der Waals surface area contributed by atoms with Crippen LogP contribution >= 0.6 is 0 Å². The number of likely N-dealkylation sites (tertiary alicyclic amines) is 1. The first-order valence-electron chi connectivity index (χ1n) is 10.4. The van der Waals surface area contributed by atoms with Gasteiger partial charge in [0, 0.05) is 26.1 Å². The molecule has 0 radical (unpaired) electrons. The van der Waals surface area contributed by atoms with Gasteiger partial charge in [-0.1, -0.05) is 60.7 Å². The van der Waals surface area contributed by atoms with Crippen LogP contribution in [0.2, 0.25) is 0 Å². The Bertz CT molecular complexity index is 1140. The van der Waals surface area contributed by atoms with Crippen LogP contribution in [0.1, 0.15) is 24.0 Å². The van der Waals surface area contributed by atoms with Gasteiger partial charge in [-0.25, -0.2) is 0 Å². The van der Waals surface area contributed by atoms with Crippen molar-refractivity contribution in [2.75, 3.05) is 13.1 Å². The summed E-state index contributed by atoms with van der Waals surface area (Å²) in [6.07, 6.45) is 1.54. The van der Waals surface area contributed by atoms with Crippen LogP contribution in [-0.4, -0.2) is 29.4 Å². The summed E-state index contributed by atoms with van der Waals surface area (Å²) < 4.78 is 0. The zero-order valence-electron chi connectivity index (χ0n) is 16.8. The van der Waals surface area contributed by atoms with Crippen LogP contribution in [0.15, 0.2) is 72.8 Å². The Kier molecular flexibility index (Phi) is 4.61. The Morgan fingerprint density at radius 1 is 0.933 bits per heavy atom. The second kappa shape index (κ2) is 7.44. The molecule has 0 bridgehead atoms. The molecule has 0 saturated carbocycles. The van der Waals surface area contributed by atoms with E-state index in [0.717, 1.165) is 41.8 Å². The first-order chi connectivity index (χ1) is 14.7. The molecule has 148 valence electrons. The van der Waals surface area contributed by atoms with Gasteiger partial charge in [0.25, 0.3) is 0 Å². The highest BCUT2D eigenvalue weighted by Gasteiger charge is 2.47. The molecule has 30 heavy (non-hydrogen) atoms. The maximum absolute atomic E-state index is 11.6. The number of rotatable bonds is 4. The molecule has 1 amide bonds. The molecule has 2 aliphatic heterocycles. The van der Waals surface area contributed by atoms with Crippen LogP contribution in [0.5, 0.6) is 0 Å². The van der Waals surface area contributed by atoms with Crippen molar-refractivity contribution in [3.8, 4) is 28.3 Å². The fourth-order valence-electron chi connectivity index (χ4n) is 4.79. The number of hydrogen-bond acceptors (Lipinski definition) is 3. The predicted octanol–water partition coefficient (Wildman–Crippen LogP) is 4.36. The minimum absolute atomic E-state index is 0.0495. The molecule has 2 saturated heterocycles. The number of nitrogens with zero attached hydrogens (tertiary/aromatic N) is 2. The Labute approximate surface area is 176 Å². The van der Waals surface area contributed by atoms with E-state index < -0.39 is 0 Å². The largest absolute Gasteiger partial charge is 0.348 e. The molecule has 0 aromatic heterocycles. The number of nitriles is 1. The molecule has 4 nitrogen and oxygen atoms in total. The summed E-state index contributed by atoms with van der Waals surface area (Å²) in [5.41, 5.74) is 6.29. The molecule has 0 aliphatic carbocycles. The summed E-state index contributed by atoms with van der Waals surface area (Å²) >= 11 is 0. The van der Waals surface area contributed by atoms with Gasteiger partial charge < -0.3 is 5.32 Å². The van der Waals surface area contributed by atoms with Crippen LogP contribution < -0.4 is 5.32 Å². The lowest BCUT2D eigenvalue weighted by atomic mass is 9.86. The number of nitrogens with one attached hydrogen (secondary N) is 1. The van der Waals surface area contributed by atoms with Gasteiger partial charge in [-0.15, -0.1) is 0 Å². The third kappa shape index (κ3) is 3.38. The zero-order chi connectivity index (χ0) is 20.6. The number of hydrogen-bond donors (Lipinski definition) is 1. The first kappa shape index (κ1) is 18.6. The lowest BCUT2D eigenvalue weighted by molar-refractivity contribution is -0.120. The standard InChI is InChI=1S/C26H23N3O/c27-15-22-10-5-11-23(21-9-4-8-20(14-21)19-6-2-1-3-7-19)24(22)16-29-17-26(18-29)13-12-25(30)28-26/h1-11,14H,12-13,16-18H2,(H,28,30). The van der Waals surface area contributed by atoms with Crippen LogP contribution in [-0.2, 0) is 11.3 Å². The topological polar surface area (TPSA) is 56.1 Å². The van der Waals surface area contributed by atoms with Gasteiger partial charge in [0.05, 0.1) is 17.2 Å². The van der Waals surface area contributed by atoms with Crippen LogP contribution in [0, 0.1) is 11.3 Å². The van der Waals surface area contributed by atoms with Gasteiger partial charge in [-0.3, -0.25) is 9.69 Å². The van der Waals surface area contributed by atoms with Crippen molar-refractivity contribution in [3.05, 3.63) is 83.9 Å². The lowest BCUT2D eigenvalue weighted by Crippen LogP contribution is -2.66. The van der Waals surface area contributed by atoms with Gasteiger partial charge in [-0.2, -0.15) is 5.26 Å². The zero-order valence-corrected chi connectivity index (χ0v) is 16.8. The summed E-state index contributed by atoms with van der Waals surface area (Å²) in [6, 6.07) is 27.2. The quantitative estimate of drug-likeness (QED) is 0.717. The lowest BCUT2D eigenvalue weighted by Gasteiger charge is -2.48. The van der Waals surface area contributed by atoms with Crippen LogP contribution in [0.4, 0.5) is 0 Å². The van der Waals surface area contributed by atoms with E-state index in [4.69, 9.17) is 0 Å². The van der Waals surface area contributed by atoms with Gasteiger partial charge in [0.2, 0.25) is 5.91 Å². The maximum Gasteiger partial charge on any atom is 0.220 e. The summed E-state index contributed by atoms with van der Waals surface area (Å²) in [7, 11) is 0. The SMILES string of the molecule is N#Cc1cccc(-c2cccc(-c3ccccc3)c2)c1CN1CC2(CCC(=O)N2)C1. The summed E-state index contributed by atoms with van der Waals surface area (Å²) in [6.45, 7) is 2.41. The normalized spacial score (nSPS) is 17.4. The third-order valence-corrected chi connectivity index (χ3v) is 6.25. The number of carbonyl (C=O) groups excluding carboxylic acids is 1. The Morgan fingerprint density at radius 2 is 1.67 bits per heavy atom. The van der Waals surface area contributed by atoms with Crippen molar-refractivity contribution in [2.45, 2.75) is 24.9 Å². The van der Waals surface area contributed by atoms with E-state index in [9.17, 15) is 10.1 Å². The summed E-state index contributed by atoms with van der Waals surface area (Å²) in [5, 5.41) is 12.9. The van der Waals surface area contributed by atoms with E-state index in [0.29, 0.717) is 18.5 Å². The van der Waals surface area contributed by atoms with Crippen molar-refractivity contribution < 1.29 is 4.79 Å². The Balaban J connectivity index is 1.46. The molecular formula is C26H23N3O. The Hall–Kier alpha value is -3.42. The second-order valence-electron chi connectivity index (χ2n) is 8.36. The maximum atomic E-state index is 11.6. The molecular weight excluding hydrogens is 370 g/mol. The fraction of sp³-hybridized carbons (Fsp3) is 0.231. The van der Waals surface area contributed by atoms with E-state index in [1.807, 2.05) is 30.3 Å². The summed E-state index contributed by atoms with van der Waals surface area (Å²) in [5.74, 6) is 0.158. The van der Waals surface area contributed by atoms with Crippen LogP contribution in [0.25, 0.3) is 22.3 Å². The molecule has 0 atom stereocenters. The van der Waals surface area contributed by atoms with E-state index in [1.54, 1.807) is 0 Å². The average Bonchev–Trinajstić information content (AvgIpc) is 3.16. The molecule has 0 unspecified atom stereocenters. The molecule has 3 aromatic carbocycles. The molecule has 2 heterocycles. The minimum atomic E-state index is -0.0495. The number of amides is 1. The van der Waals surface area contributed by atoms with Gasteiger partial charge in [-0.05, 0) is 46.4 Å². The van der Waals surface area contributed by atoms with E-state index in [-0.39, 0.29) is 11.4 Å². The van der Waals surface area contributed by atoms with Crippen molar-refractivity contribution in [2.24, 2.45) is 0 Å². The van der Waals surface area contributed by atoms with Gasteiger partial charge in [0.1, 0.15) is 0 Å². The number of carbonyl (C=O) groups is 1. The van der Waals surface area contributed by atoms with Crippen molar-refractivity contribution in [1.82, 2.24) is 10.2 Å². The van der Waals surface area contributed by atoms with Gasteiger partial charge >= 0.3 is 0 Å². The molecule has 5 rings (SSSR count). The first-order valence-corrected chi connectivity index (χ1v) is 10.4. The monoisotopic (exact) mass is 393 g/mol. The average molecular weight is 393 g/mol. The minimum Gasteiger partial charge on any atom is -0.348 e. The van der Waals surface area contributed by atoms with E-state index >= 15 is 0 Å². The highest BCUT2D eigenvalue weighted by atomic mass is 16.2. The highest BCUT2D eigenvalue weighted by molar-refractivity contribution is 5.80. The second-order valence-corrected chi connectivity index (χ2v) is 8.36. The van der Waals surface area contributed by atoms with Crippen LogP contribution in [0.3, 0.4) is 0 Å². The molecule has 1 spiro atoms. The molecule has 2 aliphatic rings. The summed E-state index contributed by atoms with van der Waals surface area (Å²) in [4.78, 5) is 14.0. The van der Waals surface area contributed by atoms with Crippen molar-refractivity contribution >= 4 is 5.91 Å². The van der Waals surface area contributed by atoms with E-state index in [1.165, 1.54) is 5.56 Å². The molecule has 4 heteroatoms. The highest BCUT2D eigenvalue weighted by Crippen LogP contribution is 2.35. The van der Waals surface area contributed by atoms with Crippen molar-refractivity contribution in [1.29, 1.82) is 5.26 Å². The van der Waals surface area contributed by atoms with Crippen molar-refractivity contribution in [3.63, 3.8) is 0 Å². The molecule has 3 aromatic rings. The van der Waals surface area contributed by atoms with E-state index in [2.05, 4.69) is 58.8 Å². The molecule has 2 fully saturated rings. The molecule has 1 N–H and O–H groups in total. The third-order valence-electron chi connectivity index (χ3n) is 6.25. The smallest absolute Gasteiger partial charge is 0.220 e. The number of benzene rings is 3.